The highest BCUT2D eigenvalue weighted by Gasteiger charge is 2.27. The normalized spacial score (nSPS) is 12.9. The maximum Gasteiger partial charge on any atom is 0.405 e. The summed E-state index contributed by atoms with van der Waals surface area (Å²) in [4.78, 5) is 16.9. The Morgan fingerprint density at radius 2 is 1.83 bits per heavy atom. The van der Waals surface area contributed by atoms with Crippen LogP contribution in [0.5, 0.6) is 0 Å². The lowest BCUT2D eigenvalue weighted by atomic mass is 9.94. The maximum absolute atomic E-state index is 14.2. The van der Waals surface area contributed by atoms with Crippen molar-refractivity contribution in [1.82, 2.24) is 29.9 Å². The first-order valence-electron chi connectivity index (χ1n) is 14.5. The van der Waals surface area contributed by atoms with Crippen molar-refractivity contribution in [2.75, 3.05) is 17.6 Å². The van der Waals surface area contributed by atoms with Crippen LogP contribution in [0.1, 0.15) is 17.3 Å². The number of halogens is 3. The summed E-state index contributed by atoms with van der Waals surface area (Å²) in [6, 6.07) is 7.88. The Balaban J connectivity index is 1.73. The van der Waals surface area contributed by atoms with Gasteiger partial charge in [0.2, 0.25) is 10.0 Å². The lowest BCUT2D eigenvalue weighted by molar-refractivity contribution is 0.0817. The fourth-order valence-electron chi connectivity index (χ4n) is 5.31. The quantitative estimate of drug-likeness (QED) is 0.103. The summed E-state index contributed by atoms with van der Waals surface area (Å²) in [6.07, 6.45) is 0.988. The minimum atomic E-state index is -3.73. The third-order valence-corrected chi connectivity index (χ3v) is 9.95. The second-order valence-corrected chi connectivity index (χ2v) is 20.2. The van der Waals surface area contributed by atoms with Gasteiger partial charge < -0.3 is 15.2 Å². The van der Waals surface area contributed by atoms with Gasteiger partial charge in [0, 0.05) is 38.9 Å². The smallest absolute Gasteiger partial charge is 0.405 e. The highest BCUT2D eigenvalue weighted by Crippen LogP contribution is 2.40. The van der Waals surface area contributed by atoms with Crippen molar-refractivity contribution in [2.45, 2.75) is 44.9 Å². The summed E-state index contributed by atoms with van der Waals surface area (Å²) >= 11 is 6.59. The largest absolute Gasteiger partial charge is 0.465 e. The van der Waals surface area contributed by atoms with E-state index in [0.717, 1.165) is 30.5 Å². The zero-order valence-electron chi connectivity index (χ0n) is 26.3. The van der Waals surface area contributed by atoms with Gasteiger partial charge in [0.1, 0.15) is 23.9 Å². The minimum Gasteiger partial charge on any atom is -0.465 e. The number of pyridine rings is 1. The van der Waals surface area contributed by atoms with E-state index >= 15 is 0 Å². The van der Waals surface area contributed by atoms with Crippen LogP contribution in [-0.4, -0.2) is 65.1 Å². The van der Waals surface area contributed by atoms with Crippen LogP contribution >= 0.6 is 11.6 Å². The van der Waals surface area contributed by atoms with Crippen LogP contribution in [-0.2, 0) is 35.0 Å². The Morgan fingerprint density at radius 1 is 1.13 bits per heavy atom. The zero-order chi connectivity index (χ0) is 34.3. The summed E-state index contributed by atoms with van der Waals surface area (Å²) < 4.78 is 64.1. The first-order valence-corrected chi connectivity index (χ1v) is 20.5. The second kappa shape index (κ2) is 13.2. The number of benzene rings is 2. The van der Waals surface area contributed by atoms with E-state index in [1.165, 1.54) is 10.9 Å². The number of aryl methyl sites for hydroxylation is 1. The summed E-state index contributed by atoms with van der Waals surface area (Å²) in [7, 11) is -3.46. The Bertz CT molecular complexity index is 2080. The van der Waals surface area contributed by atoms with Crippen molar-refractivity contribution in [2.24, 2.45) is 7.05 Å². The van der Waals surface area contributed by atoms with Crippen molar-refractivity contribution >= 4 is 63.5 Å². The predicted molar refractivity (Wildman–Crippen MR) is 179 cm³/mol. The van der Waals surface area contributed by atoms with Gasteiger partial charge >= 0.3 is 6.09 Å². The van der Waals surface area contributed by atoms with Gasteiger partial charge in [0.25, 0.3) is 0 Å². The number of sulfonamides is 1. The Morgan fingerprint density at radius 3 is 2.47 bits per heavy atom. The summed E-state index contributed by atoms with van der Waals surface area (Å²) in [5.74, 6) is -1.62. The van der Waals surface area contributed by atoms with Gasteiger partial charge in [-0.3, -0.25) is 9.40 Å². The molecule has 0 spiro atoms. The van der Waals surface area contributed by atoms with Crippen molar-refractivity contribution in [3.63, 3.8) is 0 Å². The van der Waals surface area contributed by atoms with Gasteiger partial charge in [-0.1, -0.05) is 37.3 Å². The molecular weight excluding hydrogens is 672 g/mol. The number of anilines is 1. The van der Waals surface area contributed by atoms with Gasteiger partial charge in [-0.15, -0.1) is 0 Å². The highest BCUT2D eigenvalue weighted by molar-refractivity contribution is 7.92. The molecule has 47 heavy (non-hydrogen) atoms. The van der Waals surface area contributed by atoms with Gasteiger partial charge in [0.15, 0.2) is 5.82 Å². The molecule has 3 N–H and O–H groups in total. The fraction of sp³-hybridized carbons (Fsp3) is 0.333. The number of carbonyl (C=O) groups is 1. The topological polar surface area (TPSA) is 153 Å². The molecule has 12 nitrogen and oxygen atoms in total. The minimum absolute atomic E-state index is 0.00345. The maximum atomic E-state index is 14.2. The molecule has 17 heteroatoms. The number of aromatic nitrogens is 5. The number of hydrogen-bond donors (Lipinski definition) is 3. The average Bonchev–Trinajstić information content (AvgIpc) is 3.48. The number of rotatable bonds is 12. The fourth-order valence-corrected chi connectivity index (χ4v) is 6.80. The molecule has 5 aromatic rings. The first kappa shape index (κ1) is 34.2. The molecule has 0 saturated carbocycles. The molecule has 3 aromatic heterocycles. The third-order valence-electron chi connectivity index (χ3n) is 7.37. The Labute approximate surface area is 275 Å². The molecule has 0 radical (unpaired) electrons. The predicted octanol–water partition coefficient (Wildman–Crippen LogP) is 6.15. The lowest BCUT2D eigenvalue weighted by Crippen LogP contribution is -2.29. The molecule has 0 saturated heterocycles. The van der Waals surface area contributed by atoms with Gasteiger partial charge in [-0.2, -0.15) is 10.2 Å². The van der Waals surface area contributed by atoms with Crippen LogP contribution in [0.25, 0.3) is 33.1 Å². The molecular formula is C30H34ClF2N7O5SSi. The molecule has 5 rings (SSSR count). The van der Waals surface area contributed by atoms with Gasteiger partial charge in [-0.25, -0.2) is 31.7 Å². The average molecular weight is 706 g/mol. The number of hydrogen-bond acceptors (Lipinski definition) is 7. The lowest BCUT2D eigenvalue weighted by Gasteiger charge is -2.21. The molecule has 0 aliphatic carbocycles. The number of nitrogens with one attached hydrogen (secondary N) is 2. The van der Waals surface area contributed by atoms with E-state index in [-0.39, 0.29) is 35.2 Å². The van der Waals surface area contributed by atoms with E-state index in [2.05, 4.69) is 39.9 Å². The van der Waals surface area contributed by atoms with E-state index in [9.17, 15) is 27.1 Å². The molecule has 3 heterocycles. The number of carboxylic acid groups (broad SMARTS) is 1. The van der Waals surface area contributed by atoms with Crippen molar-refractivity contribution in [1.29, 1.82) is 0 Å². The molecule has 1 atom stereocenters. The summed E-state index contributed by atoms with van der Waals surface area (Å²) in [5.41, 5.74) is 2.76. The van der Waals surface area contributed by atoms with Gasteiger partial charge in [0.05, 0.1) is 45.6 Å². The van der Waals surface area contributed by atoms with Crippen LogP contribution in [0.4, 0.5) is 19.4 Å². The van der Waals surface area contributed by atoms with Crippen LogP contribution in [0.3, 0.4) is 0 Å². The number of fused-ring (bicyclic) bond motifs is 2. The molecule has 0 bridgehead atoms. The number of amides is 1. The molecule has 0 aliphatic heterocycles. The Hall–Kier alpha value is -4.12. The third kappa shape index (κ3) is 8.06. The molecule has 0 aliphatic rings. The van der Waals surface area contributed by atoms with Crippen molar-refractivity contribution in [3.8, 4) is 11.1 Å². The molecule has 1 amide bonds. The number of nitrogens with zero attached hydrogens (tertiary/aromatic N) is 5. The SMILES string of the molecule is Cn1nc(NS(C)(=O)=O)c2c(Cl)ccc(-c3cc4c(cnn4COCC[Si](C)(C)C)nc3[C@H](Cc3cc(F)cc(F)c3)NC(=O)O)c21. The van der Waals surface area contributed by atoms with Crippen LogP contribution in [0, 0.1) is 11.6 Å². The second-order valence-electron chi connectivity index (χ2n) is 12.5. The zero-order valence-corrected chi connectivity index (χ0v) is 28.9. The van der Waals surface area contributed by atoms with E-state index < -0.39 is 41.9 Å². The summed E-state index contributed by atoms with van der Waals surface area (Å²) in [5, 5.41) is 21.6. The molecule has 0 fully saturated rings. The molecule has 2 aromatic carbocycles. The molecule has 250 valence electrons. The van der Waals surface area contributed by atoms with Crippen LogP contribution in [0.2, 0.25) is 30.7 Å². The van der Waals surface area contributed by atoms with Crippen LogP contribution in [0.15, 0.2) is 42.6 Å². The monoisotopic (exact) mass is 705 g/mol. The molecule has 0 unspecified atom stereocenters. The summed E-state index contributed by atoms with van der Waals surface area (Å²) in [6.45, 7) is 7.43. The van der Waals surface area contributed by atoms with E-state index in [0.29, 0.717) is 39.7 Å². The van der Waals surface area contributed by atoms with E-state index in [1.807, 2.05) is 0 Å². The Kier molecular flexibility index (Phi) is 9.59. The van der Waals surface area contributed by atoms with Crippen LogP contribution < -0.4 is 10.0 Å². The standard InChI is InChI=1S/C30H34ClF2N7O5SSi/c1-39-28-20(6-7-22(31)26(28)29(37-39)38-46(2,43)44)21-14-25-24(15-34-40(25)16-45-8-9-47(3,4)5)35-27(21)23(36-30(41)42)12-17-10-18(32)13-19(33)11-17/h6-7,10-11,13-15,23,36H,8-9,12,16H2,1-5H3,(H,37,38)(H,41,42)/t23-/m0/s1. The van der Waals surface area contributed by atoms with Crippen molar-refractivity contribution in [3.05, 3.63) is 70.5 Å². The highest BCUT2D eigenvalue weighted by atomic mass is 35.5. The first-order chi connectivity index (χ1) is 22.0. The van der Waals surface area contributed by atoms with Crippen molar-refractivity contribution < 1.29 is 31.8 Å². The number of ether oxygens (including phenoxy) is 1. The van der Waals surface area contributed by atoms with E-state index in [4.69, 9.17) is 21.3 Å². The van der Waals surface area contributed by atoms with E-state index in [1.54, 1.807) is 29.9 Å². The van der Waals surface area contributed by atoms with Gasteiger partial charge in [-0.05, 0) is 42.3 Å².